The molecular formula is C8H14N2O2. The predicted octanol–water partition coefficient (Wildman–Crippen LogP) is 1.49. The average molecular weight is 170 g/mol. The van der Waals surface area contributed by atoms with Gasteiger partial charge in [-0.25, -0.2) is 4.79 Å². The van der Waals surface area contributed by atoms with Gasteiger partial charge in [0, 0.05) is 6.42 Å². The summed E-state index contributed by atoms with van der Waals surface area (Å²) in [6.07, 6.45) is 5.52. The number of hydrogen-bond acceptors (Lipinski definition) is 3. The second kappa shape index (κ2) is 4.74. The fraction of sp³-hybridized carbons (Fsp3) is 0.750. The van der Waals surface area contributed by atoms with E-state index in [-0.39, 0.29) is 0 Å². The molecule has 0 saturated carbocycles. The zero-order valence-corrected chi connectivity index (χ0v) is 7.30. The largest absolute Gasteiger partial charge is 0.438 e. The minimum atomic E-state index is -0.458. The monoisotopic (exact) mass is 170 g/mol. The van der Waals surface area contributed by atoms with E-state index in [0.29, 0.717) is 5.82 Å². The zero-order chi connectivity index (χ0) is 8.81. The van der Waals surface area contributed by atoms with Crippen molar-refractivity contribution in [3.8, 4) is 0 Å². The molecule has 0 bridgehead atoms. The van der Waals surface area contributed by atoms with Gasteiger partial charge in [0.1, 0.15) is 0 Å². The average Bonchev–Trinajstić information content (AvgIpc) is 2.45. The Hall–Kier alpha value is -1.06. The van der Waals surface area contributed by atoms with Gasteiger partial charge < -0.3 is 0 Å². The lowest BCUT2D eigenvalue weighted by molar-refractivity contribution is 0.380. The maximum Gasteiger partial charge on any atom is 0.438 e. The fourth-order valence-electron chi connectivity index (χ4n) is 1.09. The summed E-state index contributed by atoms with van der Waals surface area (Å²) < 4.78 is 4.36. The number of aromatic nitrogens is 2. The number of H-pyrrole nitrogens is 1. The lowest BCUT2D eigenvalue weighted by Crippen LogP contribution is -1.97. The molecule has 0 aromatic carbocycles. The molecule has 1 aromatic rings. The molecule has 0 amide bonds. The summed E-state index contributed by atoms with van der Waals surface area (Å²) in [5.74, 6) is 0.205. The van der Waals surface area contributed by atoms with Gasteiger partial charge in [-0.05, 0) is 6.42 Å². The Morgan fingerprint density at radius 1 is 1.42 bits per heavy atom. The summed E-state index contributed by atoms with van der Waals surface area (Å²) in [5.41, 5.74) is 0. The Bertz CT molecular complexity index is 264. The topological polar surface area (TPSA) is 58.9 Å². The first kappa shape index (κ1) is 9.03. The standard InChI is InChI=1S/C8H14N2O2/c1-2-3-4-5-6-7-9-8(11)12-10-7/h2-6H2,1H3,(H,9,10,11). The highest BCUT2D eigenvalue weighted by Gasteiger charge is 1.98. The molecule has 1 aromatic heterocycles. The van der Waals surface area contributed by atoms with Crippen LogP contribution in [0.1, 0.15) is 38.4 Å². The molecule has 0 radical (unpaired) electrons. The molecule has 0 saturated heterocycles. The molecule has 12 heavy (non-hydrogen) atoms. The van der Waals surface area contributed by atoms with Gasteiger partial charge in [-0.1, -0.05) is 31.3 Å². The van der Waals surface area contributed by atoms with Crippen molar-refractivity contribution < 1.29 is 4.52 Å². The van der Waals surface area contributed by atoms with E-state index in [0.717, 1.165) is 12.8 Å². The van der Waals surface area contributed by atoms with Crippen LogP contribution in [-0.2, 0) is 6.42 Å². The Morgan fingerprint density at radius 3 is 2.83 bits per heavy atom. The molecule has 0 spiro atoms. The summed E-state index contributed by atoms with van der Waals surface area (Å²) in [4.78, 5) is 13.0. The Morgan fingerprint density at radius 2 is 2.25 bits per heavy atom. The van der Waals surface area contributed by atoms with Crippen LogP contribution >= 0.6 is 0 Å². The third kappa shape index (κ3) is 2.90. The molecule has 4 heteroatoms. The first-order valence-electron chi connectivity index (χ1n) is 4.38. The van der Waals surface area contributed by atoms with Crippen molar-refractivity contribution >= 4 is 0 Å². The van der Waals surface area contributed by atoms with Crippen molar-refractivity contribution in [2.24, 2.45) is 0 Å². The van der Waals surface area contributed by atoms with Crippen LogP contribution in [0.4, 0.5) is 0 Å². The lowest BCUT2D eigenvalue weighted by Gasteiger charge is -1.94. The van der Waals surface area contributed by atoms with Gasteiger partial charge in [-0.3, -0.25) is 9.51 Å². The van der Waals surface area contributed by atoms with Crippen molar-refractivity contribution in [2.45, 2.75) is 39.0 Å². The van der Waals surface area contributed by atoms with E-state index in [1.54, 1.807) is 0 Å². The molecule has 1 N–H and O–H groups in total. The highest BCUT2D eigenvalue weighted by Crippen LogP contribution is 2.02. The number of unbranched alkanes of at least 4 members (excludes halogenated alkanes) is 3. The Balaban J connectivity index is 2.20. The maximum absolute atomic E-state index is 10.5. The smallest absolute Gasteiger partial charge is 0.296 e. The van der Waals surface area contributed by atoms with Gasteiger partial charge >= 0.3 is 5.76 Å². The molecule has 4 nitrogen and oxygen atoms in total. The van der Waals surface area contributed by atoms with E-state index in [1.165, 1.54) is 19.3 Å². The summed E-state index contributed by atoms with van der Waals surface area (Å²) in [6, 6.07) is 0. The van der Waals surface area contributed by atoms with Crippen molar-refractivity contribution in [1.82, 2.24) is 10.1 Å². The number of aromatic amines is 1. The van der Waals surface area contributed by atoms with Crippen LogP contribution in [0.5, 0.6) is 0 Å². The van der Waals surface area contributed by atoms with Crippen molar-refractivity contribution in [3.63, 3.8) is 0 Å². The highest BCUT2D eigenvalue weighted by atomic mass is 16.5. The number of aryl methyl sites for hydroxylation is 1. The van der Waals surface area contributed by atoms with Gasteiger partial charge in [-0.2, -0.15) is 0 Å². The molecule has 0 fully saturated rings. The maximum atomic E-state index is 10.5. The van der Waals surface area contributed by atoms with Crippen LogP contribution in [0.25, 0.3) is 0 Å². The normalized spacial score (nSPS) is 10.4. The molecular weight excluding hydrogens is 156 g/mol. The SMILES string of the molecule is CCCCCCc1noc(=O)[nH]1. The van der Waals surface area contributed by atoms with E-state index in [4.69, 9.17) is 0 Å². The number of nitrogens with one attached hydrogen (secondary N) is 1. The first-order chi connectivity index (χ1) is 5.83. The fourth-order valence-corrected chi connectivity index (χ4v) is 1.09. The second-order valence-electron chi connectivity index (χ2n) is 2.85. The Labute approximate surface area is 71.0 Å². The summed E-state index contributed by atoms with van der Waals surface area (Å²) in [6.45, 7) is 2.16. The summed E-state index contributed by atoms with van der Waals surface area (Å²) in [7, 11) is 0. The van der Waals surface area contributed by atoms with Crippen LogP contribution in [0, 0.1) is 0 Å². The van der Waals surface area contributed by atoms with Crippen molar-refractivity contribution in [1.29, 1.82) is 0 Å². The van der Waals surface area contributed by atoms with E-state index in [2.05, 4.69) is 21.6 Å². The molecule has 0 atom stereocenters. The molecule has 1 heterocycles. The lowest BCUT2D eigenvalue weighted by atomic mass is 10.1. The van der Waals surface area contributed by atoms with Crippen LogP contribution in [0.3, 0.4) is 0 Å². The Kier molecular flexibility index (Phi) is 3.57. The van der Waals surface area contributed by atoms with E-state index < -0.39 is 5.76 Å². The van der Waals surface area contributed by atoms with Gasteiger partial charge in [0.05, 0.1) is 0 Å². The van der Waals surface area contributed by atoms with Crippen LogP contribution < -0.4 is 5.76 Å². The quantitative estimate of drug-likeness (QED) is 0.681. The summed E-state index contributed by atoms with van der Waals surface area (Å²) in [5, 5.41) is 3.57. The summed E-state index contributed by atoms with van der Waals surface area (Å²) >= 11 is 0. The number of hydrogen-bond donors (Lipinski definition) is 1. The molecule has 0 aliphatic heterocycles. The van der Waals surface area contributed by atoms with Crippen LogP contribution in [-0.4, -0.2) is 10.1 Å². The third-order valence-corrected chi connectivity index (χ3v) is 1.75. The third-order valence-electron chi connectivity index (χ3n) is 1.75. The second-order valence-corrected chi connectivity index (χ2v) is 2.85. The highest BCUT2D eigenvalue weighted by molar-refractivity contribution is 4.77. The number of rotatable bonds is 5. The van der Waals surface area contributed by atoms with Gasteiger partial charge in [-0.15, -0.1) is 0 Å². The molecule has 0 aliphatic rings. The van der Waals surface area contributed by atoms with Crippen molar-refractivity contribution in [3.05, 3.63) is 16.4 Å². The van der Waals surface area contributed by atoms with Crippen LogP contribution in [0.2, 0.25) is 0 Å². The number of nitrogens with zero attached hydrogens (tertiary/aromatic N) is 1. The molecule has 1 rings (SSSR count). The van der Waals surface area contributed by atoms with E-state index in [1.807, 2.05) is 0 Å². The minimum absolute atomic E-state index is 0.458. The van der Waals surface area contributed by atoms with Gasteiger partial charge in [0.2, 0.25) is 0 Å². The van der Waals surface area contributed by atoms with Gasteiger partial charge in [0.15, 0.2) is 5.82 Å². The molecule has 0 unspecified atom stereocenters. The minimum Gasteiger partial charge on any atom is -0.296 e. The van der Waals surface area contributed by atoms with E-state index >= 15 is 0 Å². The predicted molar refractivity (Wildman–Crippen MR) is 45.0 cm³/mol. The van der Waals surface area contributed by atoms with E-state index in [9.17, 15) is 4.79 Å². The van der Waals surface area contributed by atoms with Crippen LogP contribution in [0.15, 0.2) is 9.32 Å². The molecule has 0 aliphatic carbocycles. The van der Waals surface area contributed by atoms with Crippen molar-refractivity contribution in [2.75, 3.05) is 0 Å². The zero-order valence-electron chi connectivity index (χ0n) is 7.30. The van der Waals surface area contributed by atoms with Gasteiger partial charge in [0.25, 0.3) is 0 Å². The first-order valence-corrected chi connectivity index (χ1v) is 4.38. The molecule has 68 valence electrons.